The third-order valence-corrected chi connectivity index (χ3v) is 4.61. The van der Waals surface area contributed by atoms with Gasteiger partial charge in [0.05, 0.1) is 6.54 Å². The maximum atomic E-state index is 12.0. The van der Waals surface area contributed by atoms with E-state index in [4.69, 9.17) is 4.74 Å². The first kappa shape index (κ1) is 19.0. The Balaban J connectivity index is 1.40. The summed E-state index contributed by atoms with van der Waals surface area (Å²) >= 11 is 1.56. The minimum Gasteiger partial charge on any atom is -0.492 e. The molecule has 0 saturated heterocycles. The summed E-state index contributed by atoms with van der Waals surface area (Å²) in [5, 5.41) is 18.7. The van der Waals surface area contributed by atoms with Crippen LogP contribution in [0.25, 0.3) is 11.4 Å². The number of ether oxygens (including phenoxy) is 1. The third-order valence-electron chi connectivity index (χ3n) is 3.93. The van der Waals surface area contributed by atoms with Crippen LogP contribution in [0.15, 0.2) is 41.1 Å². The number of hydrogen-bond acceptors (Lipinski definition) is 6. The number of amides is 1. The van der Waals surface area contributed by atoms with E-state index in [-0.39, 0.29) is 17.9 Å². The second-order valence-corrected chi connectivity index (χ2v) is 7.91. The highest BCUT2D eigenvalue weighted by atomic mass is 32.1. The molecule has 3 rings (SSSR count). The number of nitrogens with zero attached hydrogens (tertiary/aromatic N) is 4. The summed E-state index contributed by atoms with van der Waals surface area (Å²) in [6, 6.07) is 9.95. The van der Waals surface area contributed by atoms with Crippen molar-refractivity contribution in [3.05, 3.63) is 46.7 Å². The molecule has 0 radical (unpaired) electrons. The summed E-state index contributed by atoms with van der Waals surface area (Å²) < 4.78 is 5.66. The van der Waals surface area contributed by atoms with Gasteiger partial charge in [0.1, 0.15) is 18.9 Å². The molecular formula is C19H23N5O2S. The van der Waals surface area contributed by atoms with E-state index in [1.807, 2.05) is 29.0 Å². The van der Waals surface area contributed by atoms with Gasteiger partial charge in [0, 0.05) is 10.9 Å². The molecule has 8 heteroatoms. The van der Waals surface area contributed by atoms with Crippen molar-refractivity contribution < 1.29 is 9.53 Å². The monoisotopic (exact) mass is 385 g/mol. The molecule has 7 nitrogen and oxygen atoms in total. The summed E-state index contributed by atoms with van der Waals surface area (Å²) in [5.74, 6) is 1.12. The molecule has 0 unspecified atom stereocenters. The number of thiophene rings is 1. The summed E-state index contributed by atoms with van der Waals surface area (Å²) in [7, 11) is 0. The van der Waals surface area contributed by atoms with Gasteiger partial charge in [0.15, 0.2) is 0 Å². The van der Waals surface area contributed by atoms with Crippen LogP contribution in [0, 0.1) is 0 Å². The van der Waals surface area contributed by atoms with Gasteiger partial charge in [-0.1, -0.05) is 32.9 Å². The quantitative estimate of drug-likeness (QED) is 0.633. The predicted octanol–water partition coefficient (Wildman–Crippen LogP) is 2.89. The zero-order valence-electron chi connectivity index (χ0n) is 15.7. The maximum Gasteiger partial charge on any atom is 0.243 e. The summed E-state index contributed by atoms with van der Waals surface area (Å²) in [4.78, 5) is 13.3. The average Bonchev–Trinajstić information content (AvgIpc) is 3.30. The van der Waals surface area contributed by atoms with Crippen LogP contribution in [0.4, 0.5) is 0 Å². The zero-order chi connectivity index (χ0) is 19.3. The van der Waals surface area contributed by atoms with Crippen molar-refractivity contribution in [2.45, 2.75) is 32.7 Å². The highest BCUT2D eigenvalue weighted by molar-refractivity contribution is 7.08. The number of carbonyl (C=O) groups excluding carboxylic acids is 1. The first-order valence-corrected chi connectivity index (χ1v) is 9.66. The van der Waals surface area contributed by atoms with Gasteiger partial charge in [-0.2, -0.15) is 16.1 Å². The molecule has 0 atom stereocenters. The molecule has 0 aliphatic rings. The van der Waals surface area contributed by atoms with Gasteiger partial charge in [-0.05, 0) is 39.8 Å². The molecule has 2 aromatic heterocycles. The number of nitrogens with one attached hydrogen (secondary N) is 1. The number of tetrazole rings is 1. The molecule has 2 heterocycles. The van der Waals surface area contributed by atoms with Gasteiger partial charge in [0.2, 0.25) is 11.7 Å². The van der Waals surface area contributed by atoms with Crippen LogP contribution in [0.2, 0.25) is 0 Å². The molecule has 0 aliphatic carbocycles. The fourth-order valence-electron chi connectivity index (χ4n) is 2.41. The van der Waals surface area contributed by atoms with Crippen molar-refractivity contribution in [3.63, 3.8) is 0 Å². The van der Waals surface area contributed by atoms with Gasteiger partial charge in [0.25, 0.3) is 0 Å². The number of hydrogen-bond donors (Lipinski definition) is 1. The van der Waals surface area contributed by atoms with Crippen LogP contribution in [-0.4, -0.2) is 39.3 Å². The van der Waals surface area contributed by atoms with E-state index in [1.54, 1.807) is 11.3 Å². The van der Waals surface area contributed by atoms with Crippen molar-refractivity contribution in [1.82, 2.24) is 25.5 Å². The van der Waals surface area contributed by atoms with Gasteiger partial charge < -0.3 is 10.1 Å². The lowest BCUT2D eigenvalue weighted by atomic mass is 9.87. The molecule has 142 valence electrons. The minimum absolute atomic E-state index is 0.0252. The van der Waals surface area contributed by atoms with Crippen molar-refractivity contribution in [2.75, 3.05) is 13.2 Å². The zero-order valence-corrected chi connectivity index (χ0v) is 16.5. The predicted molar refractivity (Wildman–Crippen MR) is 105 cm³/mol. The first-order valence-electron chi connectivity index (χ1n) is 8.72. The van der Waals surface area contributed by atoms with E-state index < -0.39 is 0 Å². The van der Waals surface area contributed by atoms with Crippen molar-refractivity contribution in [3.8, 4) is 17.1 Å². The topological polar surface area (TPSA) is 81.9 Å². The van der Waals surface area contributed by atoms with Gasteiger partial charge in [-0.3, -0.25) is 4.79 Å². The van der Waals surface area contributed by atoms with Crippen LogP contribution in [0.5, 0.6) is 5.75 Å². The second-order valence-electron chi connectivity index (χ2n) is 7.13. The smallest absolute Gasteiger partial charge is 0.243 e. The summed E-state index contributed by atoms with van der Waals surface area (Å²) in [5.41, 5.74) is 2.27. The lowest BCUT2D eigenvalue weighted by Crippen LogP contribution is -2.31. The Hall–Kier alpha value is -2.74. The van der Waals surface area contributed by atoms with E-state index in [0.29, 0.717) is 19.0 Å². The van der Waals surface area contributed by atoms with Crippen molar-refractivity contribution >= 4 is 17.2 Å². The Morgan fingerprint density at radius 1 is 1.22 bits per heavy atom. The van der Waals surface area contributed by atoms with E-state index in [2.05, 4.69) is 53.6 Å². The van der Waals surface area contributed by atoms with Crippen molar-refractivity contribution in [1.29, 1.82) is 0 Å². The van der Waals surface area contributed by atoms with Crippen molar-refractivity contribution in [2.24, 2.45) is 0 Å². The first-order chi connectivity index (χ1) is 12.9. The second kappa shape index (κ2) is 8.30. The molecule has 0 aliphatic heterocycles. The third kappa shape index (κ3) is 5.37. The highest BCUT2D eigenvalue weighted by Gasteiger charge is 2.13. The van der Waals surface area contributed by atoms with E-state index in [0.717, 1.165) is 11.3 Å². The lowest BCUT2D eigenvalue weighted by Gasteiger charge is -2.19. The Bertz CT molecular complexity index is 866. The SMILES string of the molecule is CC(C)(C)c1ccc(OCCNC(=O)Cn2nnc(-c3ccsc3)n2)cc1. The van der Waals surface area contributed by atoms with E-state index in [1.165, 1.54) is 10.4 Å². The molecular weight excluding hydrogens is 362 g/mol. The molecule has 27 heavy (non-hydrogen) atoms. The number of benzene rings is 1. The normalized spacial score (nSPS) is 11.4. The van der Waals surface area contributed by atoms with Crippen LogP contribution < -0.4 is 10.1 Å². The Kier molecular flexibility index (Phi) is 5.85. The average molecular weight is 385 g/mol. The van der Waals surface area contributed by atoms with Crippen LogP contribution in [0.3, 0.4) is 0 Å². The Morgan fingerprint density at radius 3 is 2.67 bits per heavy atom. The molecule has 1 N–H and O–H groups in total. The fraction of sp³-hybridized carbons (Fsp3) is 0.368. The van der Waals surface area contributed by atoms with Gasteiger partial charge in [-0.25, -0.2) is 0 Å². The number of aromatic nitrogens is 4. The molecule has 0 saturated carbocycles. The minimum atomic E-state index is -0.184. The molecule has 0 bridgehead atoms. The summed E-state index contributed by atoms with van der Waals surface area (Å²) in [6.07, 6.45) is 0. The largest absolute Gasteiger partial charge is 0.492 e. The Morgan fingerprint density at radius 2 is 2.00 bits per heavy atom. The summed E-state index contributed by atoms with van der Waals surface area (Å²) in [6.45, 7) is 7.35. The van der Waals surface area contributed by atoms with E-state index >= 15 is 0 Å². The molecule has 1 aromatic carbocycles. The number of carbonyl (C=O) groups is 1. The fourth-order valence-corrected chi connectivity index (χ4v) is 3.05. The van der Waals surface area contributed by atoms with Crippen LogP contribution in [0.1, 0.15) is 26.3 Å². The maximum absolute atomic E-state index is 12.0. The van der Waals surface area contributed by atoms with Crippen LogP contribution in [-0.2, 0) is 16.8 Å². The van der Waals surface area contributed by atoms with Gasteiger partial charge >= 0.3 is 0 Å². The molecule has 0 fully saturated rings. The lowest BCUT2D eigenvalue weighted by molar-refractivity contribution is -0.122. The standard InChI is InChI=1S/C19H23N5O2S/c1-19(2,3)15-4-6-16(7-5-15)26-10-9-20-17(25)12-24-22-18(21-23-24)14-8-11-27-13-14/h4-8,11,13H,9-10,12H2,1-3H3,(H,20,25). The molecule has 1 amide bonds. The number of rotatable bonds is 7. The highest BCUT2D eigenvalue weighted by Crippen LogP contribution is 2.24. The molecule has 0 spiro atoms. The van der Waals surface area contributed by atoms with Crippen LogP contribution >= 0.6 is 11.3 Å². The Labute approximate surface area is 162 Å². The molecule has 3 aromatic rings. The van der Waals surface area contributed by atoms with Gasteiger partial charge in [-0.15, -0.1) is 10.2 Å². The van der Waals surface area contributed by atoms with E-state index in [9.17, 15) is 4.79 Å².